The Morgan fingerprint density at radius 2 is 2.00 bits per heavy atom. The van der Waals surface area contributed by atoms with E-state index >= 15 is 0 Å². The van der Waals surface area contributed by atoms with Gasteiger partial charge < -0.3 is 14.7 Å². The normalized spacial score (nSPS) is 12.0. The minimum Gasteiger partial charge on any atom is -0.486 e. The fourth-order valence-electron chi connectivity index (χ4n) is 2.61. The zero-order chi connectivity index (χ0) is 16.7. The quantitative estimate of drug-likeness (QED) is 0.835. The standard InChI is InChI=1S/C18H25N3O/c1-8-14(19)13-9-15-17(16(10-13)22-18(5,6)7)20-12(4)21(15)11(2)3/h8-11,19H,1H2,2-7H3. The summed E-state index contributed by atoms with van der Waals surface area (Å²) in [6.07, 6.45) is 1.55. The molecule has 0 amide bonds. The lowest BCUT2D eigenvalue weighted by molar-refractivity contribution is 0.133. The molecular weight excluding hydrogens is 274 g/mol. The molecule has 0 saturated carbocycles. The van der Waals surface area contributed by atoms with Crippen molar-refractivity contribution in [3.8, 4) is 5.75 Å². The van der Waals surface area contributed by atoms with E-state index in [0.29, 0.717) is 17.5 Å². The summed E-state index contributed by atoms with van der Waals surface area (Å²) in [6.45, 7) is 16.0. The van der Waals surface area contributed by atoms with Crippen LogP contribution in [-0.4, -0.2) is 20.9 Å². The summed E-state index contributed by atoms with van der Waals surface area (Å²) in [7, 11) is 0. The van der Waals surface area contributed by atoms with E-state index in [-0.39, 0.29) is 5.60 Å². The summed E-state index contributed by atoms with van der Waals surface area (Å²) in [4.78, 5) is 4.69. The number of fused-ring (bicyclic) bond motifs is 1. The highest BCUT2D eigenvalue weighted by atomic mass is 16.5. The lowest BCUT2D eigenvalue weighted by Gasteiger charge is -2.22. The SMILES string of the molecule is C=CC(=N)c1cc(OC(C)(C)C)c2nc(C)n(C(C)C)c2c1. The molecule has 0 aliphatic heterocycles. The molecule has 0 bridgehead atoms. The lowest BCUT2D eigenvalue weighted by Crippen LogP contribution is -2.23. The van der Waals surface area contributed by atoms with Crippen molar-refractivity contribution in [3.05, 3.63) is 36.2 Å². The zero-order valence-corrected chi connectivity index (χ0v) is 14.3. The van der Waals surface area contributed by atoms with E-state index in [9.17, 15) is 0 Å². The van der Waals surface area contributed by atoms with Gasteiger partial charge in [-0.1, -0.05) is 6.58 Å². The van der Waals surface area contributed by atoms with Gasteiger partial charge in [-0.05, 0) is 59.8 Å². The van der Waals surface area contributed by atoms with Crippen LogP contribution in [-0.2, 0) is 0 Å². The van der Waals surface area contributed by atoms with Crippen molar-refractivity contribution in [3.63, 3.8) is 0 Å². The summed E-state index contributed by atoms with van der Waals surface area (Å²) in [5.74, 6) is 1.67. The molecule has 1 heterocycles. The Balaban J connectivity index is 2.78. The third-order valence-electron chi connectivity index (χ3n) is 3.38. The number of aromatic nitrogens is 2. The predicted molar refractivity (Wildman–Crippen MR) is 92.3 cm³/mol. The second-order valence-electron chi connectivity index (χ2n) is 6.80. The number of ether oxygens (including phenoxy) is 1. The van der Waals surface area contributed by atoms with Gasteiger partial charge in [0.1, 0.15) is 22.7 Å². The Bertz CT molecular complexity index is 733. The lowest BCUT2D eigenvalue weighted by atomic mass is 10.1. The topological polar surface area (TPSA) is 50.9 Å². The minimum absolute atomic E-state index is 0.292. The summed E-state index contributed by atoms with van der Waals surface area (Å²) in [5, 5.41) is 8.06. The van der Waals surface area contributed by atoms with Crippen LogP contribution >= 0.6 is 0 Å². The van der Waals surface area contributed by atoms with Crippen LogP contribution in [0, 0.1) is 12.3 Å². The smallest absolute Gasteiger partial charge is 0.148 e. The molecular formula is C18H25N3O. The Hall–Kier alpha value is -2.10. The molecule has 4 nitrogen and oxygen atoms in total. The maximum atomic E-state index is 8.06. The number of aryl methyl sites for hydroxylation is 1. The van der Waals surface area contributed by atoms with Gasteiger partial charge in [0.15, 0.2) is 0 Å². The van der Waals surface area contributed by atoms with Crippen LogP contribution in [0.3, 0.4) is 0 Å². The van der Waals surface area contributed by atoms with Crippen molar-refractivity contribution in [2.24, 2.45) is 0 Å². The van der Waals surface area contributed by atoms with Gasteiger partial charge in [-0.3, -0.25) is 0 Å². The molecule has 4 heteroatoms. The maximum Gasteiger partial charge on any atom is 0.148 e. The molecule has 0 saturated heterocycles. The second-order valence-corrected chi connectivity index (χ2v) is 6.80. The van der Waals surface area contributed by atoms with E-state index in [1.165, 1.54) is 0 Å². The number of rotatable bonds is 4. The Kier molecular flexibility index (Phi) is 4.14. The molecule has 2 aromatic rings. The highest BCUT2D eigenvalue weighted by molar-refractivity contribution is 6.08. The second kappa shape index (κ2) is 5.59. The van der Waals surface area contributed by atoms with E-state index in [1.54, 1.807) is 6.08 Å². The van der Waals surface area contributed by atoms with Crippen molar-refractivity contribution in [1.82, 2.24) is 9.55 Å². The molecule has 0 aliphatic carbocycles. The van der Waals surface area contributed by atoms with Crippen molar-refractivity contribution in [2.45, 2.75) is 53.2 Å². The van der Waals surface area contributed by atoms with Crippen molar-refractivity contribution < 1.29 is 4.74 Å². The molecule has 0 unspecified atom stereocenters. The molecule has 0 spiro atoms. The van der Waals surface area contributed by atoms with Crippen LogP contribution < -0.4 is 4.74 Å². The van der Waals surface area contributed by atoms with Gasteiger partial charge in [-0.2, -0.15) is 0 Å². The number of nitrogens with one attached hydrogen (secondary N) is 1. The molecule has 2 rings (SSSR count). The average molecular weight is 299 g/mol. The van der Waals surface area contributed by atoms with Crippen molar-refractivity contribution >= 4 is 16.7 Å². The Labute approximate surface area is 132 Å². The summed E-state index contributed by atoms with van der Waals surface area (Å²) in [6, 6.07) is 4.17. The molecule has 1 N–H and O–H groups in total. The van der Waals surface area contributed by atoms with Crippen LogP contribution in [0.1, 0.15) is 52.0 Å². The summed E-state index contributed by atoms with van der Waals surface area (Å²) >= 11 is 0. The van der Waals surface area contributed by atoms with Crippen LogP contribution in [0.5, 0.6) is 5.75 Å². The minimum atomic E-state index is -0.322. The van der Waals surface area contributed by atoms with Gasteiger partial charge in [-0.15, -0.1) is 0 Å². The maximum absolute atomic E-state index is 8.06. The molecule has 22 heavy (non-hydrogen) atoms. The number of imidazole rings is 1. The van der Waals surface area contributed by atoms with Gasteiger partial charge in [0.05, 0.1) is 11.2 Å². The van der Waals surface area contributed by atoms with Crippen LogP contribution in [0.25, 0.3) is 11.0 Å². The first-order chi connectivity index (χ1) is 10.1. The van der Waals surface area contributed by atoms with Crippen LogP contribution in [0.15, 0.2) is 24.8 Å². The van der Waals surface area contributed by atoms with E-state index in [2.05, 4.69) is 30.0 Å². The monoisotopic (exact) mass is 299 g/mol. The van der Waals surface area contributed by atoms with Crippen molar-refractivity contribution in [2.75, 3.05) is 0 Å². The molecule has 0 aliphatic rings. The molecule has 0 radical (unpaired) electrons. The number of nitrogens with zero attached hydrogens (tertiary/aromatic N) is 2. The molecule has 1 aromatic carbocycles. The highest BCUT2D eigenvalue weighted by Crippen LogP contribution is 2.32. The summed E-state index contributed by atoms with van der Waals surface area (Å²) < 4.78 is 8.26. The van der Waals surface area contributed by atoms with Crippen LogP contribution in [0.4, 0.5) is 0 Å². The highest BCUT2D eigenvalue weighted by Gasteiger charge is 2.20. The first kappa shape index (κ1) is 16.3. The van der Waals surface area contributed by atoms with E-state index < -0.39 is 0 Å². The Morgan fingerprint density at radius 3 is 2.50 bits per heavy atom. The predicted octanol–water partition coefficient (Wildman–Crippen LogP) is 4.66. The third-order valence-corrected chi connectivity index (χ3v) is 3.38. The van der Waals surface area contributed by atoms with E-state index in [1.807, 2.05) is 39.8 Å². The fourth-order valence-corrected chi connectivity index (χ4v) is 2.61. The number of benzene rings is 1. The molecule has 118 valence electrons. The van der Waals surface area contributed by atoms with Crippen molar-refractivity contribution in [1.29, 1.82) is 5.41 Å². The van der Waals surface area contributed by atoms with E-state index in [4.69, 9.17) is 10.1 Å². The Morgan fingerprint density at radius 1 is 1.36 bits per heavy atom. The first-order valence-electron chi connectivity index (χ1n) is 7.57. The molecule has 0 fully saturated rings. The number of hydrogen-bond acceptors (Lipinski definition) is 3. The largest absolute Gasteiger partial charge is 0.486 e. The number of allylic oxidation sites excluding steroid dienone is 1. The van der Waals surface area contributed by atoms with Gasteiger partial charge in [0, 0.05) is 11.6 Å². The molecule has 1 aromatic heterocycles. The number of hydrogen-bond donors (Lipinski definition) is 1. The van der Waals surface area contributed by atoms with Crippen LogP contribution in [0.2, 0.25) is 0 Å². The third kappa shape index (κ3) is 3.06. The van der Waals surface area contributed by atoms with Gasteiger partial charge in [0.25, 0.3) is 0 Å². The van der Waals surface area contributed by atoms with E-state index in [0.717, 1.165) is 22.4 Å². The first-order valence-corrected chi connectivity index (χ1v) is 7.57. The fraction of sp³-hybridized carbons (Fsp3) is 0.444. The van der Waals surface area contributed by atoms with Gasteiger partial charge >= 0.3 is 0 Å². The van der Waals surface area contributed by atoms with Gasteiger partial charge in [0.2, 0.25) is 0 Å². The molecule has 0 atom stereocenters. The van der Waals surface area contributed by atoms with Gasteiger partial charge in [-0.25, -0.2) is 4.98 Å². The zero-order valence-electron chi connectivity index (χ0n) is 14.3. The average Bonchev–Trinajstić information content (AvgIpc) is 2.72. The summed E-state index contributed by atoms with van der Waals surface area (Å²) in [5.41, 5.74) is 2.70.